The molecule has 0 saturated heterocycles. The van der Waals surface area contributed by atoms with E-state index in [1.54, 1.807) is 12.1 Å². The lowest BCUT2D eigenvalue weighted by atomic mass is 10.2. The smallest absolute Gasteiger partial charge is 0.150 e. The summed E-state index contributed by atoms with van der Waals surface area (Å²) in [4.78, 5) is 12.9. The molecule has 1 rings (SSSR count). The Morgan fingerprint density at radius 3 is 2.58 bits per heavy atom. The fourth-order valence-electron chi connectivity index (χ4n) is 1.78. The number of hydrogen-bond acceptors (Lipinski definition) is 3. The summed E-state index contributed by atoms with van der Waals surface area (Å²) in [6.45, 7) is 10.8. The van der Waals surface area contributed by atoms with Crippen LogP contribution in [0.25, 0.3) is 0 Å². The first-order chi connectivity index (χ1) is 9.30. The Morgan fingerprint density at radius 2 is 1.95 bits per heavy atom. The number of rotatable bonds is 10. The zero-order valence-electron chi connectivity index (χ0n) is 11.3. The van der Waals surface area contributed by atoms with Crippen molar-refractivity contribution < 1.29 is 9.53 Å². The van der Waals surface area contributed by atoms with Gasteiger partial charge in [-0.05, 0) is 18.6 Å². The van der Waals surface area contributed by atoms with Crippen molar-refractivity contribution in [1.82, 2.24) is 4.90 Å². The van der Waals surface area contributed by atoms with Crippen LogP contribution in [0.5, 0.6) is 5.75 Å². The molecule has 1 aromatic rings. The topological polar surface area (TPSA) is 29.5 Å². The Morgan fingerprint density at radius 1 is 1.21 bits per heavy atom. The molecule has 0 fully saturated rings. The first-order valence-corrected chi connectivity index (χ1v) is 6.42. The van der Waals surface area contributed by atoms with Gasteiger partial charge in [-0.2, -0.15) is 0 Å². The lowest BCUT2D eigenvalue weighted by Gasteiger charge is -2.18. The van der Waals surface area contributed by atoms with Crippen LogP contribution in [0.15, 0.2) is 49.6 Å². The van der Waals surface area contributed by atoms with Crippen LogP contribution in [-0.2, 0) is 0 Å². The number of nitrogens with zero attached hydrogens (tertiary/aromatic N) is 1. The molecule has 3 nitrogen and oxygen atoms in total. The Bertz CT molecular complexity index is 405. The van der Waals surface area contributed by atoms with Gasteiger partial charge >= 0.3 is 0 Å². The summed E-state index contributed by atoms with van der Waals surface area (Å²) in [7, 11) is 0. The molecule has 0 spiro atoms. The normalized spacial score (nSPS) is 10.2. The van der Waals surface area contributed by atoms with Gasteiger partial charge in [0.25, 0.3) is 0 Å². The van der Waals surface area contributed by atoms with E-state index in [-0.39, 0.29) is 0 Å². The summed E-state index contributed by atoms with van der Waals surface area (Å²) in [5, 5.41) is 0. The molecule has 3 heteroatoms. The van der Waals surface area contributed by atoms with Crippen molar-refractivity contribution in [3.63, 3.8) is 0 Å². The van der Waals surface area contributed by atoms with Gasteiger partial charge in [0.2, 0.25) is 0 Å². The van der Waals surface area contributed by atoms with Gasteiger partial charge in [0.05, 0.1) is 6.61 Å². The molecule has 0 amide bonds. The highest BCUT2D eigenvalue weighted by atomic mass is 16.5. The summed E-state index contributed by atoms with van der Waals surface area (Å²) in [5.41, 5.74) is 0.637. The highest BCUT2D eigenvalue weighted by Gasteiger charge is 2.01. The number of aldehydes is 1. The second kappa shape index (κ2) is 9.11. The average Bonchev–Trinajstić information content (AvgIpc) is 2.44. The van der Waals surface area contributed by atoms with E-state index in [1.807, 2.05) is 24.3 Å². The molecule has 0 aliphatic carbocycles. The summed E-state index contributed by atoms with van der Waals surface area (Å²) in [5.74, 6) is 0.739. The Kier molecular flexibility index (Phi) is 7.28. The molecule has 102 valence electrons. The van der Waals surface area contributed by atoms with Crippen LogP contribution < -0.4 is 4.74 Å². The van der Waals surface area contributed by atoms with Crippen molar-refractivity contribution in [3.8, 4) is 5.75 Å². The van der Waals surface area contributed by atoms with Gasteiger partial charge in [0.1, 0.15) is 12.0 Å². The average molecular weight is 259 g/mol. The molecule has 19 heavy (non-hydrogen) atoms. The molecule has 0 aliphatic rings. The SMILES string of the molecule is C=CCN(CC=C)CCCOc1cccc(C=O)c1. The summed E-state index contributed by atoms with van der Waals surface area (Å²) in [6, 6.07) is 7.19. The molecule has 0 radical (unpaired) electrons. The van der Waals surface area contributed by atoms with Gasteiger partial charge in [-0.25, -0.2) is 0 Å². The van der Waals surface area contributed by atoms with Gasteiger partial charge in [-0.1, -0.05) is 24.3 Å². The van der Waals surface area contributed by atoms with Crippen LogP contribution in [0.3, 0.4) is 0 Å². The van der Waals surface area contributed by atoms with Crippen LogP contribution in [-0.4, -0.2) is 37.4 Å². The predicted octanol–water partition coefficient (Wildman–Crippen LogP) is 2.94. The fourth-order valence-corrected chi connectivity index (χ4v) is 1.78. The van der Waals surface area contributed by atoms with Gasteiger partial charge in [-0.3, -0.25) is 9.69 Å². The quantitative estimate of drug-likeness (QED) is 0.367. The number of ether oxygens (including phenoxy) is 1. The van der Waals surface area contributed by atoms with Crippen LogP contribution in [0.1, 0.15) is 16.8 Å². The second-order valence-corrected chi connectivity index (χ2v) is 4.23. The minimum absolute atomic E-state index is 0.632. The van der Waals surface area contributed by atoms with Gasteiger partial charge in [0, 0.05) is 25.2 Å². The van der Waals surface area contributed by atoms with E-state index in [9.17, 15) is 4.79 Å². The molecular weight excluding hydrogens is 238 g/mol. The third-order valence-electron chi connectivity index (χ3n) is 2.66. The lowest BCUT2D eigenvalue weighted by molar-refractivity contribution is 0.112. The number of carbonyl (C=O) groups excluding carboxylic acids is 1. The second-order valence-electron chi connectivity index (χ2n) is 4.23. The zero-order valence-corrected chi connectivity index (χ0v) is 11.3. The predicted molar refractivity (Wildman–Crippen MR) is 78.8 cm³/mol. The largest absolute Gasteiger partial charge is 0.494 e. The molecule has 0 saturated carbocycles. The van der Waals surface area contributed by atoms with E-state index in [0.29, 0.717) is 12.2 Å². The molecule has 0 aromatic heterocycles. The molecule has 0 aliphatic heterocycles. The lowest BCUT2D eigenvalue weighted by Crippen LogP contribution is -2.26. The standard InChI is InChI=1S/C16H21NO2/c1-3-9-17(10-4-2)11-6-12-19-16-8-5-7-15(13-16)14-18/h3-5,7-8,13-14H,1-2,6,9-12H2. The van der Waals surface area contributed by atoms with E-state index in [4.69, 9.17) is 4.74 Å². The van der Waals surface area contributed by atoms with Gasteiger partial charge in [0.15, 0.2) is 0 Å². The Balaban J connectivity index is 2.30. The summed E-state index contributed by atoms with van der Waals surface area (Å²) >= 11 is 0. The Labute approximate surface area is 115 Å². The van der Waals surface area contributed by atoms with Crippen molar-refractivity contribution in [1.29, 1.82) is 0 Å². The molecular formula is C16H21NO2. The first kappa shape index (κ1) is 15.2. The Hall–Kier alpha value is -1.87. The van der Waals surface area contributed by atoms with E-state index in [0.717, 1.165) is 38.1 Å². The monoisotopic (exact) mass is 259 g/mol. The van der Waals surface area contributed by atoms with Gasteiger partial charge < -0.3 is 4.74 Å². The number of benzene rings is 1. The molecule has 0 unspecified atom stereocenters. The van der Waals surface area contributed by atoms with E-state index in [2.05, 4.69) is 18.1 Å². The van der Waals surface area contributed by atoms with Crippen molar-refractivity contribution in [2.75, 3.05) is 26.2 Å². The minimum Gasteiger partial charge on any atom is -0.494 e. The fraction of sp³-hybridized carbons (Fsp3) is 0.312. The molecule has 1 aromatic carbocycles. The zero-order chi connectivity index (χ0) is 13.9. The number of hydrogen-bond donors (Lipinski definition) is 0. The molecule has 0 bridgehead atoms. The maximum absolute atomic E-state index is 10.6. The van der Waals surface area contributed by atoms with E-state index >= 15 is 0 Å². The van der Waals surface area contributed by atoms with Crippen molar-refractivity contribution in [2.45, 2.75) is 6.42 Å². The maximum Gasteiger partial charge on any atom is 0.150 e. The molecule has 0 atom stereocenters. The highest BCUT2D eigenvalue weighted by Crippen LogP contribution is 2.12. The maximum atomic E-state index is 10.6. The minimum atomic E-state index is 0.632. The summed E-state index contributed by atoms with van der Waals surface area (Å²) < 4.78 is 5.62. The molecule has 0 N–H and O–H groups in total. The van der Waals surface area contributed by atoms with Gasteiger partial charge in [-0.15, -0.1) is 13.2 Å². The van der Waals surface area contributed by atoms with E-state index < -0.39 is 0 Å². The first-order valence-electron chi connectivity index (χ1n) is 6.42. The van der Waals surface area contributed by atoms with Crippen molar-refractivity contribution >= 4 is 6.29 Å². The highest BCUT2D eigenvalue weighted by molar-refractivity contribution is 5.75. The number of carbonyl (C=O) groups is 1. The van der Waals surface area contributed by atoms with Crippen LogP contribution in [0.2, 0.25) is 0 Å². The van der Waals surface area contributed by atoms with Crippen molar-refractivity contribution in [2.24, 2.45) is 0 Å². The third-order valence-corrected chi connectivity index (χ3v) is 2.66. The molecule has 0 heterocycles. The third kappa shape index (κ3) is 6.02. The van der Waals surface area contributed by atoms with Crippen LogP contribution >= 0.6 is 0 Å². The van der Waals surface area contributed by atoms with Crippen molar-refractivity contribution in [3.05, 3.63) is 55.1 Å². The summed E-state index contributed by atoms with van der Waals surface area (Å²) in [6.07, 6.45) is 5.52. The van der Waals surface area contributed by atoms with Crippen LogP contribution in [0, 0.1) is 0 Å². The van der Waals surface area contributed by atoms with E-state index in [1.165, 1.54) is 0 Å². The van der Waals surface area contributed by atoms with Crippen LogP contribution in [0.4, 0.5) is 0 Å².